The van der Waals surface area contributed by atoms with Gasteiger partial charge in [0.2, 0.25) is 5.91 Å². The van der Waals surface area contributed by atoms with Crippen LogP contribution in [-0.2, 0) is 18.4 Å². The number of hydrogen-bond donors (Lipinski definition) is 2. The van der Waals surface area contributed by atoms with Gasteiger partial charge >= 0.3 is 0 Å². The van der Waals surface area contributed by atoms with E-state index in [0.29, 0.717) is 6.54 Å². The van der Waals surface area contributed by atoms with Gasteiger partial charge < -0.3 is 9.88 Å². The van der Waals surface area contributed by atoms with Crippen LogP contribution in [0.1, 0.15) is 5.56 Å². The lowest BCUT2D eigenvalue weighted by Gasteiger charge is -2.01. The van der Waals surface area contributed by atoms with Gasteiger partial charge in [0, 0.05) is 30.7 Å². The predicted molar refractivity (Wildman–Crippen MR) is 68.6 cm³/mol. The average molecular weight is 234 g/mol. The first-order valence-electron chi connectivity index (χ1n) is 5.13. The van der Waals surface area contributed by atoms with E-state index in [0.717, 1.165) is 5.56 Å². The molecule has 0 aliphatic heterocycles. The number of carbonyl (C=O) groups excluding carboxylic acids is 1. The summed E-state index contributed by atoms with van der Waals surface area (Å²) in [5.41, 5.74) is 2.31. The number of thiol groups is 1. The van der Waals surface area contributed by atoms with Gasteiger partial charge in [-0.1, -0.05) is 18.2 Å². The van der Waals surface area contributed by atoms with E-state index in [2.05, 4.69) is 34.6 Å². The fourth-order valence-electron chi connectivity index (χ4n) is 1.82. The summed E-state index contributed by atoms with van der Waals surface area (Å²) in [4.78, 5) is 11.1. The lowest BCUT2D eigenvalue weighted by molar-refractivity contribution is -0.118. The van der Waals surface area contributed by atoms with Crippen molar-refractivity contribution in [1.29, 1.82) is 0 Å². The van der Waals surface area contributed by atoms with E-state index in [-0.39, 0.29) is 11.7 Å². The summed E-state index contributed by atoms with van der Waals surface area (Å²) < 4.78 is 2.07. The Bertz CT molecular complexity index is 519. The highest BCUT2D eigenvalue weighted by molar-refractivity contribution is 7.81. The van der Waals surface area contributed by atoms with Gasteiger partial charge in [-0.25, -0.2) is 0 Å². The summed E-state index contributed by atoms with van der Waals surface area (Å²) in [6.45, 7) is 0.556. The molecule has 1 amide bonds. The number of nitrogens with one attached hydrogen (secondary N) is 1. The minimum Gasteiger partial charge on any atom is -0.351 e. The number of rotatable bonds is 3. The molecule has 0 saturated carbocycles. The highest BCUT2D eigenvalue weighted by Crippen LogP contribution is 2.19. The molecule has 0 aliphatic rings. The second-order valence-electron chi connectivity index (χ2n) is 3.72. The Morgan fingerprint density at radius 1 is 1.44 bits per heavy atom. The molecular formula is C12H14N2OS. The molecule has 0 unspecified atom stereocenters. The van der Waals surface area contributed by atoms with Gasteiger partial charge in [0.05, 0.1) is 5.75 Å². The Morgan fingerprint density at radius 3 is 2.94 bits per heavy atom. The van der Waals surface area contributed by atoms with Crippen molar-refractivity contribution in [3.8, 4) is 0 Å². The van der Waals surface area contributed by atoms with Crippen LogP contribution >= 0.6 is 12.6 Å². The van der Waals surface area contributed by atoms with Crippen molar-refractivity contribution in [2.45, 2.75) is 6.54 Å². The topological polar surface area (TPSA) is 34.0 Å². The third kappa shape index (κ3) is 2.07. The van der Waals surface area contributed by atoms with Gasteiger partial charge in [0.25, 0.3) is 0 Å². The first-order chi connectivity index (χ1) is 7.72. The van der Waals surface area contributed by atoms with Gasteiger partial charge in [-0.3, -0.25) is 4.79 Å². The molecule has 0 aliphatic carbocycles. The second-order valence-corrected chi connectivity index (χ2v) is 4.03. The molecule has 84 valence electrons. The van der Waals surface area contributed by atoms with Crippen LogP contribution in [0.2, 0.25) is 0 Å². The fourth-order valence-corrected chi connectivity index (χ4v) is 1.93. The van der Waals surface area contributed by atoms with Crippen LogP contribution in [0.3, 0.4) is 0 Å². The summed E-state index contributed by atoms with van der Waals surface area (Å²) in [5.74, 6) is 0.182. The standard InChI is InChI=1S/C12H14N2OS/c1-14-7-9(6-13-12(15)8-16)10-4-2-3-5-11(10)14/h2-5,7,16H,6,8H2,1H3,(H,13,15). The van der Waals surface area contributed by atoms with Gasteiger partial charge in [-0.15, -0.1) is 0 Å². The molecule has 0 radical (unpaired) electrons. The Hall–Kier alpha value is -1.42. The molecule has 4 heteroatoms. The number of aryl methyl sites for hydroxylation is 1. The summed E-state index contributed by atoms with van der Waals surface area (Å²) >= 11 is 3.92. The molecule has 16 heavy (non-hydrogen) atoms. The molecule has 0 bridgehead atoms. The predicted octanol–water partition coefficient (Wildman–Crippen LogP) is 1.72. The Balaban J connectivity index is 2.27. The van der Waals surface area contributed by atoms with Crippen molar-refractivity contribution in [1.82, 2.24) is 9.88 Å². The molecule has 1 aromatic carbocycles. The van der Waals surface area contributed by atoms with E-state index in [4.69, 9.17) is 0 Å². The van der Waals surface area contributed by atoms with E-state index in [1.54, 1.807) is 0 Å². The van der Waals surface area contributed by atoms with Crippen molar-refractivity contribution in [3.05, 3.63) is 36.0 Å². The number of benzene rings is 1. The van der Waals surface area contributed by atoms with Gasteiger partial charge in [-0.2, -0.15) is 12.6 Å². The Labute approximate surface area is 99.9 Å². The number of carbonyl (C=O) groups is 1. The number of para-hydroxylation sites is 1. The van der Waals surface area contributed by atoms with Crippen molar-refractivity contribution in [2.24, 2.45) is 7.05 Å². The lowest BCUT2D eigenvalue weighted by Crippen LogP contribution is -2.23. The molecule has 1 aromatic heterocycles. The van der Waals surface area contributed by atoms with E-state index in [1.807, 2.05) is 25.4 Å². The fraction of sp³-hybridized carbons (Fsp3) is 0.250. The number of fused-ring (bicyclic) bond motifs is 1. The van der Waals surface area contributed by atoms with Crippen LogP contribution in [0.15, 0.2) is 30.5 Å². The Kier molecular flexibility index (Phi) is 3.19. The van der Waals surface area contributed by atoms with E-state index >= 15 is 0 Å². The quantitative estimate of drug-likeness (QED) is 0.779. The molecule has 2 rings (SSSR count). The van der Waals surface area contributed by atoms with Crippen molar-refractivity contribution in [3.63, 3.8) is 0 Å². The van der Waals surface area contributed by atoms with Gasteiger partial charge in [0.1, 0.15) is 0 Å². The molecule has 0 fully saturated rings. The van der Waals surface area contributed by atoms with Crippen LogP contribution in [0.4, 0.5) is 0 Å². The first-order valence-corrected chi connectivity index (χ1v) is 5.76. The summed E-state index contributed by atoms with van der Waals surface area (Å²) in [5, 5.41) is 4.01. The highest BCUT2D eigenvalue weighted by atomic mass is 32.1. The van der Waals surface area contributed by atoms with E-state index in [1.165, 1.54) is 10.9 Å². The van der Waals surface area contributed by atoms with Gasteiger partial charge in [-0.05, 0) is 11.6 Å². The number of hydrogen-bond acceptors (Lipinski definition) is 2. The molecule has 2 aromatic rings. The van der Waals surface area contributed by atoms with Crippen LogP contribution in [0.25, 0.3) is 10.9 Å². The van der Waals surface area contributed by atoms with Crippen LogP contribution in [0.5, 0.6) is 0 Å². The molecular weight excluding hydrogens is 220 g/mol. The van der Waals surface area contributed by atoms with E-state index < -0.39 is 0 Å². The third-order valence-corrected chi connectivity index (χ3v) is 2.89. The third-order valence-electron chi connectivity index (χ3n) is 2.60. The van der Waals surface area contributed by atoms with Gasteiger partial charge in [0.15, 0.2) is 0 Å². The zero-order chi connectivity index (χ0) is 11.5. The average Bonchev–Trinajstić information content (AvgIpc) is 2.64. The molecule has 1 N–H and O–H groups in total. The molecule has 0 saturated heterocycles. The largest absolute Gasteiger partial charge is 0.351 e. The molecule has 0 spiro atoms. The minimum absolute atomic E-state index is 0.0451. The maximum atomic E-state index is 11.1. The number of amides is 1. The number of aromatic nitrogens is 1. The SMILES string of the molecule is Cn1cc(CNC(=O)CS)c2ccccc21. The van der Waals surface area contributed by atoms with Crippen molar-refractivity contribution in [2.75, 3.05) is 5.75 Å². The maximum Gasteiger partial charge on any atom is 0.229 e. The second kappa shape index (κ2) is 4.61. The first kappa shape index (κ1) is 11.1. The molecule has 3 nitrogen and oxygen atoms in total. The van der Waals surface area contributed by atoms with Crippen molar-refractivity contribution >= 4 is 29.4 Å². The van der Waals surface area contributed by atoms with Crippen LogP contribution in [0, 0.1) is 0 Å². The highest BCUT2D eigenvalue weighted by Gasteiger charge is 2.06. The maximum absolute atomic E-state index is 11.1. The zero-order valence-corrected chi connectivity index (χ0v) is 10.00. The minimum atomic E-state index is -0.0451. The molecule has 1 heterocycles. The van der Waals surface area contributed by atoms with E-state index in [9.17, 15) is 4.79 Å². The van der Waals surface area contributed by atoms with Crippen LogP contribution < -0.4 is 5.32 Å². The Morgan fingerprint density at radius 2 is 2.19 bits per heavy atom. The summed E-state index contributed by atoms with van der Waals surface area (Å²) in [7, 11) is 2.01. The number of nitrogens with zero attached hydrogens (tertiary/aromatic N) is 1. The zero-order valence-electron chi connectivity index (χ0n) is 9.10. The van der Waals surface area contributed by atoms with Crippen molar-refractivity contribution < 1.29 is 4.79 Å². The summed E-state index contributed by atoms with van der Waals surface area (Å²) in [6.07, 6.45) is 2.05. The molecule has 0 atom stereocenters. The van der Waals surface area contributed by atoms with Crippen LogP contribution in [-0.4, -0.2) is 16.2 Å². The lowest BCUT2D eigenvalue weighted by atomic mass is 10.2. The summed E-state index contributed by atoms with van der Waals surface area (Å²) in [6, 6.07) is 8.15. The smallest absolute Gasteiger partial charge is 0.229 e. The normalized spacial score (nSPS) is 10.6. The monoisotopic (exact) mass is 234 g/mol.